The van der Waals surface area contributed by atoms with Crippen LogP contribution >= 0.6 is 47.8 Å². The van der Waals surface area contributed by atoms with Crippen LogP contribution in [-0.2, 0) is 0 Å². The molecule has 0 unspecified atom stereocenters. The average Bonchev–Trinajstić information content (AvgIpc) is 2.44. The summed E-state index contributed by atoms with van der Waals surface area (Å²) in [6.07, 6.45) is 1.45. The monoisotopic (exact) mass is 474 g/mol. The fraction of sp³-hybridized carbons (Fsp3) is 0. The predicted molar refractivity (Wildman–Crippen MR) is 92.7 cm³/mol. The lowest BCUT2D eigenvalue weighted by Crippen LogP contribution is -2.18. The molecule has 0 saturated heterocycles. The van der Waals surface area contributed by atoms with E-state index in [4.69, 9.17) is 0 Å². The maximum Gasteiger partial charge on any atom is 0.272 e. The maximum absolute atomic E-state index is 11.9. The Labute approximate surface area is 146 Å². The number of phenols is 1. The van der Waals surface area contributed by atoms with Crippen molar-refractivity contribution in [3.63, 3.8) is 0 Å². The van der Waals surface area contributed by atoms with Crippen molar-refractivity contribution in [1.82, 2.24) is 5.43 Å². The van der Waals surface area contributed by atoms with Crippen molar-refractivity contribution in [3.8, 4) is 5.75 Å². The maximum atomic E-state index is 11.9. The van der Waals surface area contributed by atoms with Crippen molar-refractivity contribution in [2.24, 2.45) is 5.10 Å². The van der Waals surface area contributed by atoms with Crippen molar-refractivity contribution in [1.29, 1.82) is 0 Å². The molecule has 0 aliphatic carbocycles. The molecule has 0 spiro atoms. The Balaban J connectivity index is 2.11. The van der Waals surface area contributed by atoms with Gasteiger partial charge in [0, 0.05) is 14.5 Å². The summed E-state index contributed by atoms with van der Waals surface area (Å²) in [5.74, 6) is -0.229. The van der Waals surface area contributed by atoms with E-state index in [-0.39, 0.29) is 11.7 Å². The van der Waals surface area contributed by atoms with E-state index in [2.05, 4.69) is 58.3 Å². The molecule has 0 heterocycles. The molecular weight excluding hydrogens is 468 g/mol. The Morgan fingerprint density at radius 1 is 1.10 bits per heavy atom. The molecule has 7 heteroatoms. The summed E-state index contributed by atoms with van der Waals surface area (Å²) in [5, 5.41) is 13.5. The second-order valence-electron chi connectivity index (χ2n) is 4.00. The van der Waals surface area contributed by atoms with Crippen LogP contribution < -0.4 is 5.43 Å². The van der Waals surface area contributed by atoms with Gasteiger partial charge in [0.05, 0.1) is 16.3 Å². The number of hydrazone groups is 1. The Hall–Kier alpha value is -1.18. The van der Waals surface area contributed by atoms with Crippen LogP contribution in [0.5, 0.6) is 5.75 Å². The van der Waals surface area contributed by atoms with Crippen LogP contribution in [0, 0.1) is 0 Å². The minimum atomic E-state index is -0.323. The number of amides is 1. The smallest absolute Gasteiger partial charge is 0.272 e. The highest BCUT2D eigenvalue weighted by Gasteiger charge is 2.08. The molecule has 0 atom stereocenters. The van der Waals surface area contributed by atoms with Gasteiger partial charge >= 0.3 is 0 Å². The van der Waals surface area contributed by atoms with Crippen LogP contribution in [0.2, 0.25) is 0 Å². The van der Waals surface area contributed by atoms with E-state index in [0.717, 1.165) is 4.47 Å². The van der Waals surface area contributed by atoms with Crippen molar-refractivity contribution in [3.05, 3.63) is 60.9 Å². The van der Waals surface area contributed by atoms with Crippen LogP contribution in [0.25, 0.3) is 0 Å². The van der Waals surface area contributed by atoms with E-state index in [1.807, 2.05) is 6.07 Å². The van der Waals surface area contributed by atoms with E-state index in [9.17, 15) is 9.90 Å². The molecule has 0 fully saturated rings. The van der Waals surface area contributed by atoms with Gasteiger partial charge in [-0.25, -0.2) is 5.43 Å². The summed E-state index contributed by atoms with van der Waals surface area (Å²) in [6, 6.07) is 10.3. The molecule has 0 bridgehead atoms. The second-order valence-corrected chi connectivity index (χ2v) is 6.57. The normalized spacial score (nSPS) is 10.8. The fourth-order valence-corrected chi connectivity index (χ4v) is 3.08. The van der Waals surface area contributed by atoms with Gasteiger partial charge < -0.3 is 5.11 Å². The molecule has 0 radical (unpaired) electrons. The summed E-state index contributed by atoms with van der Waals surface area (Å²) in [5.41, 5.74) is 3.57. The zero-order chi connectivity index (χ0) is 15.4. The molecule has 2 aromatic carbocycles. The number of nitrogens with one attached hydrogen (secondary N) is 1. The summed E-state index contributed by atoms with van der Waals surface area (Å²) in [4.78, 5) is 11.9. The summed E-state index contributed by atoms with van der Waals surface area (Å²) < 4.78 is 2.01. The third-order valence-electron chi connectivity index (χ3n) is 2.55. The fourth-order valence-electron chi connectivity index (χ4n) is 1.52. The Kier molecular flexibility index (Phi) is 5.55. The first-order valence-corrected chi connectivity index (χ1v) is 8.13. The van der Waals surface area contributed by atoms with E-state index in [1.54, 1.807) is 24.3 Å². The van der Waals surface area contributed by atoms with E-state index in [0.29, 0.717) is 20.1 Å². The van der Waals surface area contributed by atoms with Crippen molar-refractivity contribution >= 4 is 59.9 Å². The number of carbonyl (C=O) groups excluding carboxylic acids is 1. The summed E-state index contributed by atoms with van der Waals surface area (Å²) >= 11 is 9.87. The zero-order valence-electron chi connectivity index (χ0n) is 10.5. The molecule has 0 aromatic heterocycles. The molecule has 2 aromatic rings. The lowest BCUT2D eigenvalue weighted by atomic mass is 10.2. The third kappa shape index (κ3) is 4.15. The Bertz CT molecular complexity index is 717. The number of halogens is 3. The Morgan fingerprint density at radius 3 is 2.52 bits per heavy atom. The second kappa shape index (κ2) is 7.20. The molecule has 4 nitrogen and oxygen atoms in total. The molecule has 1 amide bonds. The zero-order valence-corrected chi connectivity index (χ0v) is 15.2. The number of phenolic OH excluding ortho intramolecular Hbond substituents is 1. The first-order valence-electron chi connectivity index (χ1n) is 5.75. The van der Waals surface area contributed by atoms with Gasteiger partial charge in [-0.3, -0.25) is 4.79 Å². The number of rotatable bonds is 3. The van der Waals surface area contributed by atoms with Crippen molar-refractivity contribution < 1.29 is 9.90 Å². The first-order chi connectivity index (χ1) is 9.99. The summed E-state index contributed by atoms with van der Waals surface area (Å²) in [6.45, 7) is 0. The van der Waals surface area contributed by atoms with Gasteiger partial charge in [-0.15, -0.1) is 0 Å². The highest BCUT2D eigenvalue weighted by molar-refractivity contribution is 9.11. The number of hydrogen-bond acceptors (Lipinski definition) is 3. The van der Waals surface area contributed by atoms with Gasteiger partial charge in [-0.1, -0.05) is 28.1 Å². The highest BCUT2D eigenvalue weighted by atomic mass is 79.9. The molecule has 2 N–H and O–H groups in total. The van der Waals surface area contributed by atoms with Gasteiger partial charge in [-0.2, -0.15) is 5.10 Å². The third-order valence-corrected chi connectivity index (χ3v) is 4.57. The number of carbonyl (C=O) groups is 1. The molecule has 0 saturated carbocycles. The quantitative estimate of drug-likeness (QED) is 0.508. The molecule has 108 valence electrons. The largest absolute Gasteiger partial charge is 0.507 e. The molecule has 21 heavy (non-hydrogen) atoms. The van der Waals surface area contributed by atoms with Gasteiger partial charge in [0.2, 0.25) is 0 Å². The standard InChI is InChI=1S/C14H9Br3N2O2/c15-10-4-2-1-3-9(10)14(21)19-18-7-8-5-13(20)12(17)6-11(8)16/h1-7,20H,(H,19,21)/b18-7-. The lowest BCUT2D eigenvalue weighted by molar-refractivity contribution is 0.0954. The van der Waals surface area contributed by atoms with Crippen LogP contribution in [0.1, 0.15) is 15.9 Å². The van der Waals surface area contributed by atoms with Crippen LogP contribution in [0.15, 0.2) is 54.9 Å². The van der Waals surface area contributed by atoms with Crippen LogP contribution in [0.4, 0.5) is 0 Å². The molecule has 0 aliphatic rings. The van der Waals surface area contributed by atoms with Crippen LogP contribution in [-0.4, -0.2) is 17.2 Å². The van der Waals surface area contributed by atoms with Gasteiger partial charge in [-0.05, 0) is 56.1 Å². The number of benzene rings is 2. The first kappa shape index (κ1) is 16.2. The van der Waals surface area contributed by atoms with E-state index in [1.165, 1.54) is 12.3 Å². The van der Waals surface area contributed by atoms with Gasteiger partial charge in [0.25, 0.3) is 5.91 Å². The molecular formula is C14H9Br3N2O2. The SMILES string of the molecule is O=C(N/N=C\c1cc(O)c(Br)cc1Br)c1ccccc1Br. The topological polar surface area (TPSA) is 61.7 Å². The predicted octanol–water partition coefficient (Wildman–Crippen LogP) is 4.44. The number of hydrogen-bond donors (Lipinski definition) is 2. The minimum absolute atomic E-state index is 0.0942. The van der Waals surface area contributed by atoms with Crippen molar-refractivity contribution in [2.75, 3.05) is 0 Å². The van der Waals surface area contributed by atoms with E-state index >= 15 is 0 Å². The number of aromatic hydroxyl groups is 1. The molecule has 2 rings (SSSR count). The van der Waals surface area contributed by atoms with Gasteiger partial charge in [0.1, 0.15) is 5.75 Å². The van der Waals surface area contributed by atoms with E-state index < -0.39 is 0 Å². The average molecular weight is 477 g/mol. The highest BCUT2D eigenvalue weighted by Crippen LogP contribution is 2.29. The Morgan fingerprint density at radius 2 is 1.81 bits per heavy atom. The molecule has 0 aliphatic heterocycles. The summed E-state index contributed by atoms with van der Waals surface area (Å²) in [7, 11) is 0. The minimum Gasteiger partial charge on any atom is -0.507 e. The van der Waals surface area contributed by atoms with Gasteiger partial charge in [0.15, 0.2) is 0 Å². The van der Waals surface area contributed by atoms with Crippen LogP contribution in [0.3, 0.4) is 0 Å². The number of nitrogens with zero attached hydrogens (tertiary/aromatic N) is 1. The van der Waals surface area contributed by atoms with Crippen molar-refractivity contribution in [2.45, 2.75) is 0 Å². The lowest BCUT2D eigenvalue weighted by Gasteiger charge is -2.03.